The molecule has 2 aromatic carbocycles. The van der Waals surface area contributed by atoms with Crippen LogP contribution in [0.25, 0.3) is 0 Å². The van der Waals surface area contributed by atoms with Crippen LogP contribution in [-0.4, -0.2) is 35.3 Å². The summed E-state index contributed by atoms with van der Waals surface area (Å²) in [6.07, 6.45) is 0.0114. The number of allylic oxidation sites excluding steroid dienone is 1. The van der Waals surface area contributed by atoms with E-state index in [0.717, 1.165) is 0 Å². The summed E-state index contributed by atoms with van der Waals surface area (Å²) in [7, 11) is 2.88. The third kappa shape index (κ3) is 2.75. The first-order valence-corrected chi connectivity index (χ1v) is 8.78. The van der Waals surface area contributed by atoms with Gasteiger partial charge in [0.25, 0.3) is 0 Å². The topological polar surface area (TPSA) is 105 Å². The number of aromatic hydroxyl groups is 2. The molecule has 1 fully saturated rings. The predicted octanol–water partition coefficient (Wildman–Crippen LogP) is 3.18. The molecule has 28 heavy (non-hydrogen) atoms. The van der Waals surface area contributed by atoms with Crippen LogP contribution in [0.15, 0.2) is 48.2 Å². The van der Waals surface area contributed by atoms with E-state index in [1.54, 1.807) is 24.3 Å². The number of rotatable bonds is 4. The summed E-state index contributed by atoms with van der Waals surface area (Å²) >= 11 is 0. The fourth-order valence-electron chi connectivity index (χ4n) is 4.02. The van der Waals surface area contributed by atoms with Crippen molar-refractivity contribution in [3.63, 3.8) is 0 Å². The van der Waals surface area contributed by atoms with Crippen molar-refractivity contribution in [3.05, 3.63) is 59.4 Å². The van der Waals surface area contributed by atoms with Crippen molar-refractivity contribution in [1.82, 2.24) is 0 Å². The number of aliphatic hydroxyl groups is 1. The van der Waals surface area contributed by atoms with Crippen molar-refractivity contribution in [2.75, 3.05) is 14.2 Å². The van der Waals surface area contributed by atoms with Gasteiger partial charge in [0.1, 0.15) is 5.76 Å². The molecule has 1 heterocycles. The van der Waals surface area contributed by atoms with Gasteiger partial charge in [-0.05, 0) is 35.4 Å². The minimum Gasteiger partial charge on any atom is -0.512 e. The zero-order valence-corrected chi connectivity index (χ0v) is 15.3. The first-order valence-electron chi connectivity index (χ1n) is 8.78. The van der Waals surface area contributed by atoms with Crippen molar-refractivity contribution in [2.45, 2.75) is 12.2 Å². The van der Waals surface area contributed by atoms with E-state index in [1.165, 1.54) is 32.4 Å². The number of hydrogen-bond donors (Lipinski definition) is 3. The lowest BCUT2D eigenvalue weighted by molar-refractivity contribution is -0.119. The summed E-state index contributed by atoms with van der Waals surface area (Å²) in [5, 5.41) is 30.1. The number of fused-ring (bicyclic) bond motifs is 1. The maximum absolute atomic E-state index is 12.6. The Morgan fingerprint density at radius 3 is 1.82 bits per heavy atom. The summed E-state index contributed by atoms with van der Waals surface area (Å²) in [6.45, 7) is 0. The molecule has 2 aliphatic rings. The van der Waals surface area contributed by atoms with Crippen LogP contribution in [0.3, 0.4) is 0 Å². The van der Waals surface area contributed by atoms with Crippen LogP contribution >= 0.6 is 0 Å². The van der Waals surface area contributed by atoms with Gasteiger partial charge in [0, 0.05) is 6.08 Å². The Morgan fingerprint density at radius 2 is 1.32 bits per heavy atom. The molecule has 1 saturated heterocycles. The molecule has 7 heteroatoms. The SMILES string of the molecule is COc1cc([C@H]2O[C@@H](c3ccc(O)c(OC)c3)[C@H]3C(=O)C=C(O)[C@H]32)ccc1O. The highest BCUT2D eigenvalue weighted by Gasteiger charge is 2.54. The minimum absolute atomic E-state index is 0.0112. The van der Waals surface area contributed by atoms with Crippen LogP contribution in [0.2, 0.25) is 0 Å². The van der Waals surface area contributed by atoms with Gasteiger partial charge in [0.2, 0.25) is 0 Å². The van der Waals surface area contributed by atoms with E-state index in [9.17, 15) is 20.1 Å². The monoisotopic (exact) mass is 384 g/mol. The van der Waals surface area contributed by atoms with Crippen molar-refractivity contribution < 1.29 is 34.3 Å². The van der Waals surface area contributed by atoms with Crippen LogP contribution in [-0.2, 0) is 9.53 Å². The van der Waals surface area contributed by atoms with Gasteiger partial charge in [0.05, 0.1) is 38.3 Å². The number of aliphatic hydroxyl groups excluding tert-OH is 1. The molecule has 0 unspecified atom stereocenters. The molecule has 4 rings (SSSR count). The van der Waals surface area contributed by atoms with Gasteiger partial charge in [-0.1, -0.05) is 12.1 Å². The number of phenols is 2. The Balaban J connectivity index is 1.76. The van der Waals surface area contributed by atoms with E-state index >= 15 is 0 Å². The number of benzene rings is 2. The summed E-state index contributed by atoms with van der Waals surface area (Å²) < 4.78 is 16.6. The largest absolute Gasteiger partial charge is 0.512 e. The highest BCUT2D eigenvalue weighted by Crippen LogP contribution is 2.55. The van der Waals surface area contributed by atoms with E-state index in [4.69, 9.17) is 14.2 Å². The van der Waals surface area contributed by atoms with Crippen LogP contribution in [0.1, 0.15) is 23.3 Å². The average Bonchev–Trinajstić information content (AvgIpc) is 3.22. The molecule has 4 atom stereocenters. The Bertz CT molecular complexity index is 965. The minimum atomic E-state index is -0.627. The van der Waals surface area contributed by atoms with Gasteiger partial charge < -0.3 is 29.5 Å². The molecule has 7 nitrogen and oxygen atoms in total. The molecule has 1 aliphatic carbocycles. The van der Waals surface area contributed by atoms with Crippen LogP contribution in [0.4, 0.5) is 0 Å². The molecule has 0 saturated carbocycles. The average molecular weight is 384 g/mol. The lowest BCUT2D eigenvalue weighted by Crippen LogP contribution is -2.19. The summed E-state index contributed by atoms with van der Waals surface area (Å²) in [5.74, 6) is -0.865. The van der Waals surface area contributed by atoms with Crippen LogP contribution in [0, 0.1) is 11.8 Å². The van der Waals surface area contributed by atoms with E-state index in [0.29, 0.717) is 11.1 Å². The van der Waals surface area contributed by atoms with Gasteiger partial charge >= 0.3 is 0 Å². The van der Waals surface area contributed by atoms with Crippen LogP contribution < -0.4 is 9.47 Å². The van der Waals surface area contributed by atoms with Crippen molar-refractivity contribution >= 4 is 5.78 Å². The maximum atomic E-state index is 12.6. The smallest absolute Gasteiger partial charge is 0.165 e. The molecule has 0 amide bonds. The highest BCUT2D eigenvalue weighted by molar-refractivity contribution is 5.96. The maximum Gasteiger partial charge on any atom is 0.165 e. The van der Waals surface area contributed by atoms with Gasteiger partial charge in [0.15, 0.2) is 28.8 Å². The van der Waals surface area contributed by atoms with Gasteiger partial charge in [-0.25, -0.2) is 0 Å². The lowest BCUT2D eigenvalue weighted by Gasteiger charge is -2.19. The summed E-state index contributed by atoms with van der Waals surface area (Å²) in [5.41, 5.74) is 1.34. The second kappa shape index (κ2) is 6.76. The molecule has 2 aromatic rings. The number of carbonyl (C=O) groups is 1. The Kier molecular flexibility index (Phi) is 4.39. The normalized spacial score (nSPS) is 26.1. The zero-order chi connectivity index (χ0) is 20.0. The number of methoxy groups -OCH3 is 2. The van der Waals surface area contributed by atoms with Gasteiger partial charge in [-0.3, -0.25) is 4.79 Å². The molecule has 3 N–H and O–H groups in total. The fraction of sp³-hybridized carbons (Fsp3) is 0.286. The second-order valence-corrected chi connectivity index (χ2v) is 6.86. The van der Waals surface area contributed by atoms with Crippen LogP contribution in [0.5, 0.6) is 23.0 Å². The number of ether oxygens (including phenoxy) is 3. The first kappa shape index (κ1) is 18.2. The molecule has 0 spiro atoms. The third-order valence-electron chi connectivity index (χ3n) is 5.36. The molecule has 0 bridgehead atoms. The molecular weight excluding hydrogens is 364 g/mol. The van der Waals surface area contributed by atoms with Crippen molar-refractivity contribution in [2.24, 2.45) is 11.8 Å². The molecule has 1 aliphatic heterocycles. The number of carbonyl (C=O) groups excluding carboxylic acids is 1. The first-order chi connectivity index (χ1) is 13.4. The highest BCUT2D eigenvalue weighted by atomic mass is 16.5. The predicted molar refractivity (Wildman–Crippen MR) is 98.6 cm³/mol. The Morgan fingerprint density at radius 1 is 0.821 bits per heavy atom. The fourth-order valence-corrected chi connectivity index (χ4v) is 4.02. The summed E-state index contributed by atoms with van der Waals surface area (Å²) in [4.78, 5) is 12.6. The van der Waals surface area contributed by atoms with Crippen molar-refractivity contribution in [1.29, 1.82) is 0 Å². The number of ketones is 1. The Hall–Kier alpha value is -3.19. The molecular formula is C21H20O7. The van der Waals surface area contributed by atoms with E-state index in [1.807, 2.05) is 0 Å². The van der Waals surface area contributed by atoms with Gasteiger partial charge in [-0.15, -0.1) is 0 Å². The standard InChI is InChI=1S/C21H20O7/c1-26-16-7-10(3-5-12(16)22)20-18-14(24)9-15(25)19(18)21(28-20)11-4-6-13(23)17(8-11)27-2/h3-9,18-24H,1-2H3/t18-,19+,20-,21+/m1/s1. The number of phenolic OH excluding ortho intramolecular Hbond substituents is 2. The van der Waals surface area contributed by atoms with E-state index in [2.05, 4.69) is 0 Å². The lowest BCUT2D eigenvalue weighted by atomic mass is 9.84. The Labute approximate surface area is 161 Å². The summed E-state index contributed by atoms with van der Waals surface area (Å²) in [6, 6.07) is 9.57. The quantitative estimate of drug-likeness (QED) is 0.743. The number of hydrogen-bond acceptors (Lipinski definition) is 7. The van der Waals surface area contributed by atoms with Gasteiger partial charge in [-0.2, -0.15) is 0 Å². The van der Waals surface area contributed by atoms with Crippen molar-refractivity contribution in [3.8, 4) is 23.0 Å². The molecule has 0 radical (unpaired) electrons. The molecule has 146 valence electrons. The second-order valence-electron chi connectivity index (χ2n) is 6.86. The zero-order valence-electron chi connectivity index (χ0n) is 15.3. The van der Waals surface area contributed by atoms with E-state index < -0.39 is 24.0 Å². The van der Waals surface area contributed by atoms with E-state index in [-0.39, 0.29) is 34.5 Å². The molecule has 0 aromatic heterocycles. The third-order valence-corrected chi connectivity index (χ3v) is 5.36.